The Labute approximate surface area is 123 Å². The molecule has 4 nitrogen and oxygen atoms in total. The van der Waals surface area contributed by atoms with E-state index >= 15 is 0 Å². The Bertz CT molecular complexity index is 610. The summed E-state index contributed by atoms with van der Waals surface area (Å²) in [6.45, 7) is 5.44. The minimum absolute atomic E-state index is 0.365. The Hall–Kier alpha value is -1.36. The summed E-state index contributed by atoms with van der Waals surface area (Å²) in [6, 6.07) is 2.20. The fourth-order valence-electron chi connectivity index (χ4n) is 2.90. The molecule has 108 valence electrons. The molecule has 1 saturated carbocycles. The molecule has 5 heteroatoms. The monoisotopic (exact) mass is 290 g/mol. The maximum Gasteiger partial charge on any atom is 0.223 e. The summed E-state index contributed by atoms with van der Waals surface area (Å²) in [5.74, 6) is 1.27. The molecule has 0 atom stereocenters. The van der Waals surface area contributed by atoms with E-state index in [9.17, 15) is 0 Å². The molecule has 3 N–H and O–H groups in total. The van der Waals surface area contributed by atoms with Gasteiger partial charge in [-0.15, -0.1) is 11.3 Å². The van der Waals surface area contributed by atoms with E-state index < -0.39 is 0 Å². The van der Waals surface area contributed by atoms with Crippen LogP contribution in [0.15, 0.2) is 6.07 Å². The van der Waals surface area contributed by atoms with Gasteiger partial charge in [-0.3, -0.25) is 0 Å². The van der Waals surface area contributed by atoms with Crippen LogP contribution < -0.4 is 11.1 Å². The van der Waals surface area contributed by atoms with Crippen molar-refractivity contribution in [2.45, 2.75) is 46.0 Å². The van der Waals surface area contributed by atoms with Crippen LogP contribution in [0.2, 0.25) is 0 Å². The zero-order chi connectivity index (χ0) is 14.2. The van der Waals surface area contributed by atoms with E-state index in [1.54, 1.807) is 11.3 Å². The maximum absolute atomic E-state index is 5.84. The molecule has 0 aromatic carbocycles. The minimum Gasteiger partial charge on any atom is -0.369 e. The van der Waals surface area contributed by atoms with Gasteiger partial charge in [0.15, 0.2) is 0 Å². The molecule has 1 aliphatic rings. The third-order valence-electron chi connectivity index (χ3n) is 4.60. The first-order valence-electron chi connectivity index (χ1n) is 7.45. The number of aromatic nitrogens is 2. The van der Waals surface area contributed by atoms with Crippen molar-refractivity contribution < 1.29 is 0 Å². The number of hydrogen-bond acceptors (Lipinski definition) is 5. The lowest BCUT2D eigenvalue weighted by Crippen LogP contribution is -2.36. The third-order valence-corrected chi connectivity index (χ3v) is 5.78. The molecular formula is C15H22N4S. The van der Waals surface area contributed by atoms with Gasteiger partial charge in [-0.2, -0.15) is 4.98 Å². The summed E-state index contributed by atoms with van der Waals surface area (Å²) in [5.41, 5.74) is 6.31. The Kier molecular flexibility index (Phi) is 3.54. The molecule has 0 unspecified atom stereocenters. The van der Waals surface area contributed by atoms with Gasteiger partial charge < -0.3 is 11.1 Å². The molecule has 2 aromatic rings. The predicted octanol–water partition coefficient (Wildman–Crippen LogP) is 3.83. The summed E-state index contributed by atoms with van der Waals surface area (Å²) in [4.78, 5) is 11.1. The molecule has 0 saturated heterocycles. The van der Waals surface area contributed by atoms with Crippen LogP contribution in [0.5, 0.6) is 0 Å². The van der Waals surface area contributed by atoms with Crippen LogP contribution in [0.25, 0.3) is 10.2 Å². The number of rotatable bonds is 5. The van der Waals surface area contributed by atoms with Crippen molar-refractivity contribution in [1.29, 1.82) is 0 Å². The van der Waals surface area contributed by atoms with Gasteiger partial charge in [-0.25, -0.2) is 4.98 Å². The van der Waals surface area contributed by atoms with Crippen LogP contribution in [0.4, 0.5) is 11.8 Å². The van der Waals surface area contributed by atoms with Gasteiger partial charge in [0, 0.05) is 11.4 Å². The van der Waals surface area contributed by atoms with Crippen LogP contribution in [0, 0.1) is 5.41 Å². The summed E-state index contributed by atoms with van der Waals surface area (Å²) >= 11 is 1.71. The van der Waals surface area contributed by atoms with Crippen molar-refractivity contribution in [3.63, 3.8) is 0 Å². The fraction of sp³-hybridized carbons (Fsp3) is 0.600. The SMILES string of the molecule is CCc1cc2c(NCC3(CC)CCC3)nc(N)nc2s1. The first kappa shape index (κ1) is 13.6. The van der Waals surface area contributed by atoms with Crippen LogP contribution in [0.3, 0.4) is 0 Å². The standard InChI is InChI=1S/C15H22N4S/c1-3-10-8-11-12(18-14(16)19-13(11)20-10)17-9-15(4-2)6-5-7-15/h8H,3-7,9H2,1-2H3,(H3,16,17,18,19). The Morgan fingerprint density at radius 3 is 2.75 bits per heavy atom. The Morgan fingerprint density at radius 1 is 1.35 bits per heavy atom. The van der Waals surface area contributed by atoms with E-state index in [0.29, 0.717) is 11.4 Å². The van der Waals surface area contributed by atoms with E-state index in [1.807, 2.05) is 0 Å². The van der Waals surface area contributed by atoms with Crippen molar-refractivity contribution in [3.8, 4) is 0 Å². The molecule has 0 aliphatic heterocycles. The lowest BCUT2D eigenvalue weighted by atomic mass is 9.67. The average molecular weight is 290 g/mol. The van der Waals surface area contributed by atoms with E-state index in [-0.39, 0.29) is 0 Å². The number of nitrogens with one attached hydrogen (secondary N) is 1. The molecule has 0 spiro atoms. The highest BCUT2D eigenvalue weighted by Crippen LogP contribution is 2.44. The number of nitrogen functional groups attached to an aromatic ring is 1. The fourth-order valence-corrected chi connectivity index (χ4v) is 3.87. The summed E-state index contributed by atoms with van der Waals surface area (Å²) in [6.07, 6.45) is 6.26. The second kappa shape index (κ2) is 5.20. The largest absolute Gasteiger partial charge is 0.369 e. The van der Waals surface area contributed by atoms with Crippen molar-refractivity contribution in [2.75, 3.05) is 17.6 Å². The van der Waals surface area contributed by atoms with Gasteiger partial charge in [-0.05, 0) is 37.2 Å². The highest BCUT2D eigenvalue weighted by Gasteiger charge is 2.34. The van der Waals surface area contributed by atoms with Gasteiger partial charge in [0.25, 0.3) is 0 Å². The smallest absolute Gasteiger partial charge is 0.223 e. The van der Waals surface area contributed by atoms with Gasteiger partial charge >= 0.3 is 0 Å². The summed E-state index contributed by atoms with van der Waals surface area (Å²) in [5, 5.41) is 4.65. The molecule has 2 heterocycles. The lowest BCUT2D eigenvalue weighted by molar-refractivity contribution is 0.145. The topological polar surface area (TPSA) is 63.8 Å². The second-order valence-electron chi connectivity index (χ2n) is 5.78. The van der Waals surface area contributed by atoms with Gasteiger partial charge in [0.05, 0.1) is 5.39 Å². The summed E-state index contributed by atoms with van der Waals surface area (Å²) < 4.78 is 0. The predicted molar refractivity (Wildman–Crippen MR) is 86.3 cm³/mol. The molecule has 1 fully saturated rings. The van der Waals surface area contributed by atoms with Crippen LogP contribution in [-0.4, -0.2) is 16.5 Å². The quantitative estimate of drug-likeness (QED) is 0.878. The maximum atomic E-state index is 5.84. The Morgan fingerprint density at radius 2 is 2.15 bits per heavy atom. The third kappa shape index (κ3) is 2.35. The molecule has 1 aliphatic carbocycles. The normalized spacial score (nSPS) is 17.1. The number of aryl methyl sites for hydroxylation is 1. The number of anilines is 2. The zero-order valence-corrected chi connectivity index (χ0v) is 13.0. The number of fused-ring (bicyclic) bond motifs is 1. The Balaban J connectivity index is 1.88. The van der Waals surface area contributed by atoms with E-state index in [4.69, 9.17) is 5.73 Å². The number of nitrogens with zero attached hydrogens (tertiary/aromatic N) is 2. The van der Waals surface area contributed by atoms with Crippen molar-refractivity contribution in [3.05, 3.63) is 10.9 Å². The molecule has 3 rings (SSSR count). The molecule has 0 bridgehead atoms. The van der Waals surface area contributed by atoms with Crippen molar-refractivity contribution in [2.24, 2.45) is 5.41 Å². The highest BCUT2D eigenvalue weighted by atomic mass is 32.1. The van der Waals surface area contributed by atoms with Crippen molar-refractivity contribution in [1.82, 2.24) is 9.97 Å². The van der Waals surface area contributed by atoms with Crippen LogP contribution in [-0.2, 0) is 6.42 Å². The first-order chi connectivity index (χ1) is 9.65. The lowest BCUT2D eigenvalue weighted by Gasteiger charge is -2.41. The molecular weight excluding hydrogens is 268 g/mol. The van der Waals surface area contributed by atoms with Gasteiger partial charge in [0.1, 0.15) is 10.6 Å². The number of thiophene rings is 1. The molecule has 20 heavy (non-hydrogen) atoms. The number of nitrogens with two attached hydrogens (primary N) is 1. The van der Waals surface area contributed by atoms with Crippen molar-refractivity contribution >= 4 is 33.3 Å². The second-order valence-corrected chi connectivity index (χ2v) is 6.89. The minimum atomic E-state index is 0.365. The van der Waals surface area contributed by atoms with Crippen LogP contribution in [0.1, 0.15) is 44.4 Å². The number of hydrogen-bond donors (Lipinski definition) is 2. The average Bonchev–Trinajstić information content (AvgIpc) is 2.80. The molecule has 2 aromatic heterocycles. The van der Waals surface area contributed by atoms with Gasteiger partial charge in [0.2, 0.25) is 5.95 Å². The first-order valence-corrected chi connectivity index (χ1v) is 8.27. The van der Waals surface area contributed by atoms with E-state index in [1.165, 1.54) is 30.6 Å². The van der Waals surface area contributed by atoms with E-state index in [0.717, 1.165) is 29.0 Å². The zero-order valence-electron chi connectivity index (χ0n) is 12.2. The van der Waals surface area contributed by atoms with E-state index in [2.05, 4.69) is 35.2 Å². The molecule has 0 amide bonds. The highest BCUT2D eigenvalue weighted by molar-refractivity contribution is 7.18. The molecule has 0 radical (unpaired) electrons. The van der Waals surface area contributed by atoms with Crippen LogP contribution >= 0.6 is 11.3 Å². The van der Waals surface area contributed by atoms with Gasteiger partial charge in [-0.1, -0.05) is 20.3 Å². The summed E-state index contributed by atoms with van der Waals surface area (Å²) in [7, 11) is 0.